The van der Waals surface area contributed by atoms with Gasteiger partial charge in [-0.05, 0) is 24.5 Å². The molecule has 3 atom stereocenters. The van der Waals surface area contributed by atoms with Gasteiger partial charge in [0.25, 0.3) is 0 Å². The van der Waals surface area contributed by atoms with Crippen LogP contribution in [-0.4, -0.2) is 34.7 Å². The highest BCUT2D eigenvalue weighted by Gasteiger charge is 2.46. The highest BCUT2D eigenvalue weighted by molar-refractivity contribution is 5.93. The van der Waals surface area contributed by atoms with Crippen LogP contribution in [0.15, 0.2) is 35.5 Å². The molecule has 0 aliphatic carbocycles. The van der Waals surface area contributed by atoms with Gasteiger partial charge in [0.15, 0.2) is 0 Å². The first kappa shape index (κ1) is 12.0. The summed E-state index contributed by atoms with van der Waals surface area (Å²) in [6.45, 7) is 2.77. The fourth-order valence-corrected chi connectivity index (χ4v) is 3.82. The van der Waals surface area contributed by atoms with Gasteiger partial charge in [0, 0.05) is 13.0 Å². The van der Waals surface area contributed by atoms with Gasteiger partial charge in [0.2, 0.25) is 0 Å². The molecule has 4 heteroatoms. The molecule has 3 aliphatic rings. The van der Waals surface area contributed by atoms with Gasteiger partial charge in [0.1, 0.15) is 6.10 Å². The Morgan fingerprint density at radius 2 is 2.15 bits per heavy atom. The van der Waals surface area contributed by atoms with Crippen LogP contribution < -0.4 is 0 Å². The molecule has 1 aromatic rings. The molecule has 4 rings (SSSR count). The molecule has 20 heavy (non-hydrogen) atoms. The molecule has 3 aliphatic heterocycles. The molecule has 0 aromatic heterocycles. The van der Waals surface area contributed by atoms with E-state index in [9.17, 15) is 9.90 Å². The maximum atomic E-state index is 11.9. The molecule has 0 saturated carbocycles. The summed E-state index contributed by atoms with van der Waals surface area (Å²) in [6, 6.07) is 8.54. The molecule has 1 N–H and O–H groups in total. The van der Waals surface area contributed by atoms with E-state index >= 15 is 0 Å². The van der Waals surface area contributed by atoms with Gasteiger partial charge in [0.05, 0.1) is 23.4 Å². The van der Waals surface area contributed by atoms with Gasteiger partial charge in [-0.1, -0.05) is 24.3 Å². The Kier molecular flexibility index (Phi) is 2.45. The molecular formula is C16H17NO3. The molecule has 1 aromatic carbocycles. The maximum Gasteiger partial charge on any atom is 0.339 e. The van der Waals surface area contributed by atoms with Crippen LogP contribution in [0.2, 0.25) is 0 Å². The van der Waals surface area contributed by atoms with E-state index < -0.39 is 6.10 Å². The summed E-state index contributed by atoms with van der Waals surface area (Å²) in [5.41, 5.74) is 4.00. The Morgan fingerprint density at radius 1 is 1.35 bits per heavy atom. The minimum Gasteiger partial charge on any atom is -0.453 e. The van der Waals surface area contributed by atoms with E-state index in [1.807, 2.05) is 13.0 Å². The molecule has 0 amide bonds. The van der Waals surface area contributed by atoms with E-state index in [0.29, 0.717) is 12.0 Å². The number of aliphatic hydroxyl groups is 1. The first-order valence-corrected chi connectivity index (χ1v) is 7.14. The van der Waals surface area contributed by atoms with Gasteiger partial charge in [-0.15, -0.1) is 0 Å². The smallest absolute Gasteiger partial charge is 0.339 e. The topological polar surface area (TPSA) is 49.8 Å². The van der Waals surface area contributed by atoms with Crippen LogP contribution >= 0.6 is 0 Å². The zero-order valence-electron chi connectivity index (χ0n) is 11.4. The average Bonchev–Trinajstić information content (AvgIpc) is 2.75. The third-order valence-electron chi connectivity index (χ3n) is 4.67. The van der Waals surface area contributed by atoms with E-state index in [1.54, 1.807) is 0 Å². The number of fused-ring (bicyclic) bond motifs is 4. The SMILES string of the molecule is CC1OC(=O)C2=C1N1CCc3ccccc3C1CC2O. The second-order valence-electron chi connectivity index (χ2n) is 5.76. The Hall–Kier alpha value is -1.81. The Balaban J connectivity index is 1.84. The molecule has 3 heterocycles. The number of esters is 1. The lowest BCUT2D eigenvalue weighted by molar-refractivity contribution is -0.140. The highest BCUT2D eigenvalue weighted by Crippen LogP contribution is 2.44. The van der Waals surface area contributed by atoms with Crippen LogP contribution in [0, 0.1) is 0 Å². The first-order valence-electron chi connectivity index (χ1n) is 7.14. The van der Waals surface area contributed by atoms with E-state index in [1.165, 1.54) is 11.1 Å². The Morgan fingerprint density at radius 3 is 3.00 bits per heavy atom. The number of cyclic esters (lactones) is 1. The number of carbonyl (C=O) groups is 1. The van der Waals surface area contributed by atoms with Crippen LogP contribution in [0.25, 0.3) is 0 Å². The molecule has 0 fully saturated rings. The van der Waals surface area contributed by atoms with Gasteiger partial charge in [-0.3, -0.25) is 0 Å². The van der Waals surface area contributed by atoms with Crippen molar-refractivity contribution in [3.8, 4) is 0 Å². The average molecular weight is 271 g/mol. The number of aliphatic hydroxyl groups excluding tert-OH is 1. The van der Waals surface area contributed by atoms with Crippen LogP contribution in [0.5, 0.6) is 0 Å². The molecular weight excluding hydrogens is 254 g/mol. The summed E-state index contributed by atoms with van der Waals surface area (Å²) in [7, 11) is 0. The number of carbonyl (C=O) groups excluding carboxylic acids is 1. The summed E-state index contributed by atoms with van der Waals surface area (Å²) >= 11 is 0. The number of rotatable bonds is 0. The summed E-state index contributed by atoms with van der Waals surface area (Å²) in [5.74, 6) is -0.350. The van der Waals surface area contributed by atoms with Crippen LogP contribution in [-0.2, 0) is 16.0 Å². The van der Waals surface area contributed by atoms with Crippen molar-refractivity contribution in [1.82, 2.24) is 4.90 Å². The molecule has 4 nitrogen and oxygen atoms in total. The van der Waals surface area contributed by atoms with Gasteiger partial charge in [-0.2, -0.15) is 0 Å². The van der Waals surface area contributed by atoms with E-state index in [-0.39, 0.29) is 18.1 Å². The highest BCUT2D eigenvalue weighted by atomic mass is 16.5. The lowest BCUT2D eigenvalue weighted by Crippen LogP contribution is -2.43. The summed E-state index contributed by atoms with van der Waals surface area (Å²) < 4.78 is 5.30. The number of benzene rings is 1. The summed E-state index contributed by atoms with van der Waals surface area (Å²) in [4.78, 5) is 14.1. The van der Waals surface area contributed by atoms with Crippen molar-refractivity contribution >= 4 is 5.97 Å². The number of hydrogen-bond acceptors (Lipinski definition) is 4. The number of hydrogen-bond donors (Lipinski definition) is 1. The minimum absolute atomic E-state index is 0.158. The fourth-order valence-electron chi connectivity index (χ4n) is 3.82. The Labute approximate surface area is 117 Å². The standard InChI is InChI=1S/C16H17NO3/c1-9-15-14(16(19)20-9)13(18)8-12-11-5-3-2-4-10(11)6-7-17(12)15/h2-5,9,12-13,18H,6-8H2,1H3. The third-order valence-corrected chi connectivity index (χ3v) is 4.67. The molecule has 0 radical (unpaired) electrons. The second kappa shape index (κ2) is 4.09. The van der Waals surface area contributed by atoms with Gasteiger partial charge >= 0.3 is 5.97 Å². The van der Waals surface area contributed by atoms with Crippen molar-refractivity contribution < 1.29 is 14.6 Å². The molecule has 104 valence electrons. The number of ether oxygens (including phenoxy) is 1. The van der Waals surface area contributed by atoms with E-state index in [2.05, 4.69) is 23.1 Å². The third kappa shape index (κ3) is 1.48. The zero-order chi connectivity index (χ0) is 13.9. The molecule has 0 spiro atoms. The van der Waals surface area contributed by atoms with Crippen LogP contribution in [0.4, 0.5) is 0 Å². The molecule has 0 saturated heterocycles. The molecule has 3 unspecified atom stereocenters. The summed E-state index contributed by atoms with van der Waals surface area (Å²) in [6.07, 6.45) is 0.577. The number of nitrogens with zero attached hydrogens (tertiary/aromatic N) is 1. The minimum atomic E-state index is -0.713. The molecule has 0 bridgehead atoms. The van der Waals surface area contributed by atoms with E-state index in [4.69, 9.17) is 4.74 Å². The quantitative estimate of drug-likeness (QED) is 0.727. The fraction of sp³-hybridized carbons (Fsp3) is 0.438. The summed E-state index contributed by atoms with van der Waals surface area (Å²) in [5, 5.41) is 10.3. The van der Waals surface area contributed by atoms with E-state index in [0.717, 1.165) is 18.7 Å². The second-order valence-corrected chi connectivity index (χ2v) is 5.76. The van der Waals surface area contributed by atoms with Crippen molar-refractivity contribution in [2.75, 3.05) is 6.54 Å². The lowest BCUT2D eigenvalue weighted by Gasteiger charge is -2.44. The zero-order valence-corrected chi connectivity index (χ0v) is 11.4. The predicted octanol–water partition coefficient (Wildman–Crippen LogP) is 1.55. The predicted molar refractivity (Wildman–Crippen MR) is 72.8 cm³/mol. The van der Waals surface area contributed by atoms with Crippen molar-refractivity contribution in [1.29, 1.82) is 0 Å². The maximum absolute atomic E-state index is 11.9. The van der Waals surface area contributed by atoms with Crippen molar-refractivity contribution in [2.45, 2.75) is 38.0 Å². The normalized spacial score (nSPS) is 31.6. The largest absolute Gasteiger partial charge is 0.453 e. The monoisotopic (exact) mass is 271 g/mol. The van der Waals surface area contributed by atoms with Crippen LogP contribution in [0.1, 0.15) is 30.5 Å². The van der Waals surface area contributed by atoms with Crippen molar-refractivity contribution in [3.05, 3.63) is 46.7 Å². The van der Waals surface area contributed by atoms with Gasteiger partial charge in [-0.25, -0.2) is 4.79 Å². The van der Waals surface area contributed by atoms with Crippen LogP contribution in [0.3, 0.4) is 0 Å². The van der Waals surface area contributed by atoms with Gasteiger partial charge < -0.3 is 14.7 Å². The lowest BCUT2D eigenvalue weighted by atomic mass is 9.83. The Bertz CT molecular complexity index is 622. The van der Waals surface area contributed by atoms with Crippen molar-refractivity contribution in [2.24, 2.45) is 0 Å². The first-order chi connectivity index (χ1) is 9.66. The van der Waals surface area contributed by atoms with Crippen molar-refractivity contribution in [3.63, 3.8) is 0 Å².